The number of anilines is 1. The van der Waals surface area contributed by atoms with Crippen molar-refractivity contribution in [2.75, 3.05) is 11.9 Å². The summed E-state index contributed by atoms with van der Waals surface area (Å²) in [6.07, 6.45) is -0.368. The molecule has 0 saturated heterocycles. The van der Waals surface area contributed by atoms with Crippen LogP contribution in [0.3, 0.4) is 0 Å². The molecule has 1 heterocycles. The molecular weight excluding hydrogens is 486 g/mol. The van der Waals surface area contributed by atoms with Gasteiger partial charge in [-0.2, -0.15) is 0 Å². The Morgan fingerprint density at radius 3 is 2.44 bits per heavy atom. The number of hydrogen-bond donors (Lipinski definition) is 4. The predicted octanol–water partition coefficient (Wildman–Crippen LogP) is 4.61. The van der Waals surface area contributed by atoms with E-state index in [0.29, 0.717) is 39.8 Å². The number of amides is 2. The summed E-state index contributed by atoms with van der Waals surface area (Å²) >= 11 is 6.40. The van der Waals surface area contributed by atoms with Crippen molar-refractivity contribution in [1.82, 2.24) is 9.88 Å². The number of carbonyl (C=O) groups excluding carboxylic acids is 1. The Bertz CT molecular complexity index is 1320. The average Bonchev–Trinajstić information content (AvgIpc) is 2.84. The zero-order valence-electron chi connectivity index (χ0n) is 20.2. The number of halogens is 1. The SMILES string of the molecule is CCOc1cccc(Cl)c1Cn1c(C)c(C)c(O)c(NC(=O)N[C@@H](CC(=O)O)c2ccccc2)c1=O. The van der Waals surface area contributed by atoms with Gasteiger partial charge in [0.15, 0.2) is 5.69 Å². The van der Waals surface area contributed by atoms with E-state index >= 15 is 0 Å². The minimum atomic E-state index is -1.11. The first kappa shape index (κ1) is 26.6. The fraction of sp³-hybridized carbons (Fsp3) is 0.269. The lowest BCUT2D eigenvalue weighted by molar-refractivity contribution is -0.137. The van der Waals surface area contributed by atoms with Crippen LogP contribution in [0.5, 0.6) is 11.5 Å². The molecule has 0 fully saturated rings. The van der Waals surface area contributed by atoms with Gasteiger partial charge in [-0.15, -0.1) is 0 Å². The van der Waals surface area contributed by atoms with Gasteiger partial charge in [0, 0.05) is 21.8 Å². The van der Waals surface area contributed by atoms with E-state index in [4.69, 9.17) is 16.3 Å². The summed E-state index contributed by atoms with van der Waals surface area (Å²) in [5.41, 5.74) is 1.06. The molecule has 1 atom stereocenters. The molecule has 3 rings (SSSR count). The number of aromatic nitrogens is 1. The van der Waals surface area contributed by atoms with Gasteiger partial charge in [0.05, 0.1) is 25.6 Å². The number of carboxylic acid groups (broad SMARTS) is 1. The Balaban J connectivity index is 1.96. The smallest absolute Gasteiger partial charge is 0.319 e. The van der Waals surface area contributed by atoms with E-state index < -0.39 is 23.6 Å². The van der Waals surface area contributed by atoms with Gasteiger partial charge in [-0.25, -0.2) is 4.79 Å². The second-order valence-electron chi connectivity index (χ2n) is 8.13. The van der Waals surface area contributed by atoms with Crippen LogP contribution in [0.15, 0.2) is 53.3 Å². The van der Waals surface area contributed by atoms with Crippen LogP contribution in [0, 0.1) is 13.8 Å². The van der Waals surface area contributed by atoms with Gasteiger partial charge in [-0.1, -0.05) is 48.0 Å². The predicted molar refractivity (Wildman–Crippen MR) is 137 cm³/mol. The third-order valence-corrected chi connectivity index (χ3v) is 6.17. The molecule has 2 amide bonds. The largest absolute Gasteiger partial charge is 0.505 e. The van der Waals surface area contributed by atoms with Gasteiger partial charge >= 0.3 is 12.0 Å². The number of aliphatic carboxylic acids is 1. The number of nitrogens with one attached hydrogen (secondary N) is 2. The minimum Gasteiger partial charge on any atom is -0.505 e. The Hall–Kier alpha value is -3.98. The van der Waals surface area contributed by atoms with E-state index in [2.05, 4.69) is 10.6 Å². The molecule has 190 valence electrons. The first-order chi connectivity index (χ1) is 17.1. The molecule has 10 heteroatoms. The summed E-state index contributed by atoms with van der Waals surface area (Å²) in [6.45, 7) is 5.58. The fourth-order valence-electron chi connectivity index (χ4n) is 3.81. The second-order valence-corrected chi connectivity index (χ2v) is 8.54. The number of urea groups is 1. The monoisotopic (exact) mass is 513 g/mol. The minimum absolute atomic E-state index is 0.0444. The first-order valence-corrected chi connectivity index (χ1v) is 11.7. The number of ether oxygens (including phenoxy) is 1. The van der Waals surface area contributed by atoms with E-state index in [1.807, 2.05) is 6.92 Å². The van der Waals surface area contributed by atoms with E-state index in [1.165, 1.54) is 4.57 Å². The molecule has 0 aliphatic heterocycles. The van der Waals surface area contributed by atoms with Crippen LogP contribution >= 0.6 is 11.6 Å². The zero-order chi connectivity index (χ0) is 26.4. The lowest BCUT2D eigenvalue weighted by atomic mass is 10.0. The van der Waals surface area contributed by atoms with Crippen LogP contribution in [0.25, 0.3) is 0 Å². The highest BCUT2D eigenvalue weighted by Gasteiger charge is 2.23. The second kappa shape index (κ2) is 11.6. The molecule has 9 nitrogen and oxygen atoms in total. The van der Waals surface area contributed by atoms with Crippen LogP contribution in [-0.4, -0.2) is 33.4 Å². The van der Waals surface area contributed by atoms with Gasteiger partial charge in [0.2, 0.25) is 0 Å². The molecule has 0 radical (unpaired) electrons. The number of carbonyl (C=O) groups is 2. The van der Waals surface area contributed by atoms with E-state index in [-0.39, 0.29) is 24.4 Å². The number of benzene rings is 2. The maximum absolute atomic E-state index is 13.4. The lowest BCUT2D eigenvalue weighted by Gasteiger charge is -2.21. The molecule has 2 aromatic carbocycles. The quantitative estimate of drug-likeness (QED) is 0.330. The third-order valence-electron chi connectivity index (χ3n) is 5.82. The molecule has 4 N–H and O–H groups in total. The van der Waals surface area contributed by atoms with Crippen molar-refractivity contribution in [2.24, 2.45) is 0 Å². The molecule has 3 aromatic rings. The summed E-state index contributed by atoms with van der Waals surface area (Å²) in [7, 11) is 0. The molecule has 0 aliphatic carbocycles. The standard InChI is InChI=1S/C26H28ClN3O6/c1-4-36-21-12-8-11-19(27)18(21)14-30-16(3)15(2)24(33)23(25(30)34)29-26(35)28-20(13-22(31)32)17-9-6-5-7-10-17/h5-12,20,33H,4,13-14H2,1-3H3,(H,31,32)(H2,28,29,35)/t20-/m0/s1. The summed E-state index contributed by atoms with van der Waals surface area (Å²) in [6, 6.07) is 12.1. The molecule has 0 saturated carbocycles. The Kier molecular flexibility index (Phi) is 8.60. The van der Waals surface area contributed by atoms with Gasteiger partial charge in [0.25, 0.3) is 5.56 Å². The zero-order valence-corrected chi connectivity index (χ0v) is 20.9. The molecule has 36 heavy (non-hydrogen) atoms. The summed E-state index contributed by atoms with van der Waals surface area (Å²) < 4.78 is 7.05. The first-order valence-electron chi connectivity index (χ1n) is 11.3. The molecule has 1 aromatic heterocycles. The van der Waals surface area contributed by atoms with Crippen molar-refractivity contribution in [3.8, 4) is 11.5 Å². The Morgan fingerprint density at radius 2 is 1.81 bits per heavy atom. The van der Waals surface area contributed by atoms with E-state index in [9.17, 15) is 24.6 Å². The average molecular weight is 514 g/mol. The van der Waals surface area contributed by atoms with Crippen molar-refractivity contribution in [1.29, 1.82) is 0 Å². The van der Waals surface area contributed by atoms with Gasteiger partial charge < -0.3 is 30.2 Å². The van der Waals surface area contributed by atoms with Gasteiger partial charge in [-0.3, -0.25) is 9.59 Å². The van der Waals surface area contributed by atoms with Crippen LogP contribution in [0.1, 0.15) is 41.8 Å². The van der Waals surface area contributed by atoms with Crippen molar-refractivity contribution in [2.45, 2.75) is 39.8 Å². The Morgan fingerprint density at radius 1 is 1.11 bits per heavy atom. The van der Waals surface area contributed by atoms with Crippen LogP contribution in [0.4, 0.5) is 10.5 Å². The van der Waals surface area contributed by atoms with Gasteiger partial charge in [-0.05, 0) is 38.5 Å². The van der Waals surface area contributed by atoms with Crippen molar-refractivity contribution in [3.63, 3.8) is 0 Å². The van der Waals surface area contributed by atoms with Crippen molar-refractivity contribution < 1.29 is 24.5 Å². The highest BCUT2D eigenvalue weighted by Crippen LogP contribution is 2.30. The van der Waals surface area contributed by atoms with Crippen molar-refractivity contribution >= 4 is 29.3 Å². The number of hydrogen-bond acceptors (Lipinski definition) is 5. The summed E-state index contributed by atoms with van der Waals surface area (Å²) in [4.78, 5) is 37.6. The lowest BCUT2D eigenvalue weighted by Crippen LogP contribution is -2.36. The number of aromatic hydroxyl groups is 1. The van der Waals surface area contributed by atoms with Crippen LogP contribution in [0.2, 0.25) is 5.02 Å². The molecule has 0 spiro atoms. The highest BCUT2D eigenvalue weighted by molar-refractivity contribution is 6.31. The maximum Gasteiger partial charge on any atom is 0.319 e. The number of carboxylic acids is 1. The fourth-order valence-corrected chi connectivity index (χ4v) is 4.04. The highest BCUT2D eigenvalue weighted by atomic mass is 35.5. The van der Waals surface area contributed by atoms with E-state index in [0.717, 1.165) is 0 Å². The Labute approximate surface area is 213 Å². The maximum atomic E-state index is 13.4. The molecule has 0 unspecified atom stereocenters. The summed E-state index contributed by atoms with van der Waals surface area (Å²) in [5, 5.41) is 25.4. The van der Waals surface area contributed by atoms with Gasteiger partial charge in [0.1, 0.15) is 11.5 Å². The van der Waals surface area contributed by atoms with E-state index in [1.54, 1.807) is 62.4 Å². The van der Waals surface area contributed by atoms with Crippen LogP contribution < -0.4 is 20.9 Å². The summed E-state index contributed by atoms with van der Waals surface area (Å²) in [5.74, 6) is -0.957. The molecule has 0 aliphatic rings. The topological polar surface area (TPSA) is 130 Å². The number of rotatable bonds is 9. The van der Waals surface area contributed by atoms with Crippen molar-refractivity contribution in [3.05, 3.63) is 86.3 Å². The number of pyridine rings is 1. The third kappa shape index (κ3) is 5.98. The molecular formula is C26H28ClN3O6. The molecule has 0 bridgehead atoms. The number of nitrogens with zero attached hydrogens (tertiary/aromatic N) is 1. The van der Waals surface area contributed by atoms with Crippen LogP contribution in [-0.2, 0) is 11.3 Å². The normalized spacial score (nSPS) is 11.6.